The van der Waals surface area contributed by atoms with Crippen molar-refractivity contribution in [2.75, 3.05) is 6.61 Å². The second kappa shape index (κ2) is 6.34. The van der Waals surface area contributed by atoms with Crippen LogP contribution in [-0.2, 0) is 37.6 Å². The molecular formula is C23H31O10P. The number of rotatable bonds is 6. The van der Waals surface area contributed by atoms with Crippen LogP contribution in [0.1, 0.15) is 53.4 Å². The number of hydrogen-bond donors (Lipinski definition) is 2. The zero-order chi connectivity index (χ0) is 24.1. The van der Waals surface area contributed by atoms with Gasteiger partial charge in [-0.05, 0) is 43.1 Å². The summed E-state index contributed by atoms with van der Waals surface area (Å²) in [7, 11) is -4.75. The molecule has 0 aromatic rings. The molecule has 2 spiro atoms. The standard InChI is InChI=1S/C23H31O10P/c1-5-15(33-34(25,26)27)29-19-21(10(2)3)16(31-21)17-23(32-17)20(4)7-6-11-12(9-28-18(11)24)13(20)8-14-22(19,23)30-14/h10,13-17,19H,5-9H2,1-4H3,(H2,25,26,27)/t13-,14-,15?,16-,17+,19+,20-,21-,22+,23+/m0/s1. The number of epoxide rings is 3. The van der Waals surface area contributed by atoms with E-state index in [-0.39, 0.29) is 48.0 Å². The van der Waals surface area contributed by atoms with E-state index in [4.69, 9.17) is 28.2 Å². The first-order valence-corrected chi connectivity index (χ1v) is 13.8. The van der Waals surface area contributed by atoms with Gasteiger partial charge in [0.25, 0.3) is 0 Å². The van der Waals surface area contributed by atoms with Gasteiger partial charge in [0.15, 0.2) is 11.9 Å². The molecule has 5 fully saturated rings. The van der Waals surface area contributed by atoms with E-state index in [1.54, 1.807) is 6.92 Å². The van der Waals surface area contributed by atoms with E-state index < -0.39 is 37.0 Å². The first-order valence-electron chi connectivity index (χ1n) is 12.3. The summed E-state index contributed by atoms with van der Waals surface area (Å²) < 4.78 is 48.1. The highest BCUT2D eigenvalue weighted by molar-refractivity contribution is 7.46. The molecule has 34 heavy (non-hydrogen) atoms. The summed E-state index contributed by atoms with van der Waals surface area (Å²) in [6.07, 6.45) is 0.187. The van der Waals surface area contributed by atoms with Crippen molar-refractivity contribution in [3.05, 3.63) is 11.1 Å². The topological polar surface area (TPSA) is 140 Å². The van der Waals surface area contributed by atoms with Gasteiger partial charge in [0, 0.05) is 11.0 Å². The van der Waals surface area contributed by atoms with Crippen molar-refractivity contribution in [3.63, 3.8) is 0 Å². The number of ether oxygens (including phenoxy) is 5. The molecule has 0 aromatic carbocycles. The van der Waals surface area contributed by atoms with Crippen molar-refractivity contribution < 1.29 is 47.4 Å². The Bertz CT molecular complexity index is 1070. The van der Waals surface area contributed by atoms with Crippen molar-refractivity contribution in [1.82, 2.24) is 0 Å². The molecule has 7 aliphatic rings. The fraction of sp³-hybridized carbons (Fsp3) is 0.870. The average Bonchev–Trinajstić information content (AvgIpc) is 3.65. The van der Waals surface area contributed by atoms with Gasteiger partial charge in [0.05, 0.1) is 6.10 Å². The van der Waals surface area contributed by atoms with E-state index in [9.17, 15) is 19.1 Å². The number of cyclic esters (lactones) is 1. The summed E-state index contributed by atoms with van der Waals surface area (Å²) >= 11 is 0. The monoisotopic (exact) mass is 498 g/mol. The SMILES string of the molecule is CCC(O[C@@H]1[C@@]2(C(C)C)O[C@H]2[C@H]2O[C@]23[C@]12O[C@H]2C[C@H]1C2=C(CC[C@@]13C)C(=O)OC2)OP(=O)(O)O. The first kappa shape index (κ1) is 22.4. The molecule has 3 saturated heterocycles. The van der Waals surface area contributed by atoms with Gasteiger partial charge in [-0.15, -0.1) is 0 Å². The van der Waals surface area contributed by atoms with E-state index >= 15 is 0 Å². The van der Waals surface area contributed by atoms with E-state index in [0.29, 0.717) is 13.0 Å². The second-order valence-corrected chi connectivity index (χ2v) is 12.6. The van der Waals surface area contributed by atoms with Gasteiger partial charge < -0.3 is 33.5 Å². The van der Waals surface area contributed by atoms with E-state index in [2.05, 4.69) is 20.8 Å². The fourth-order valence-corrected chi connectivity index (χ4v) is 8.88. The predicted octanol–water partition coefficient (Wildman–Crippen LogP) is 1.97. The average molecular weight is 498 g/mol. The van der Waals surface area contributed by atoms with Crippen molar-refractivity contribution in [2.45, 2.75) is 101 Å². The minimum atomic E-state index is -4.75. The summed E-state index contributed by atoms with van der Waals surface area (Å²) in [5, 5.41) is 0. The van der Waals surface area contributed by atoms with E-state index in [0.717, 1.165) is 24.0 Å². The third-order valence-corrected chi connectivity index (χ3v) is 10.5. The number of hydrogen-bond acceptors (Lipinski definition) is 8. The minimum Gasteiger partial charge on any atom is -0.458 e. The highest BCUT2D eigenvalue weighted by Crippen LogP contribution is 2.83. The van der Waals surface area contributed by atoms with Gasteiger partial charge >= 0.3 is 13.8 Å². The van der Waals surface area contributed by atoms with Crippen LogP contribution in [0.2, 0.25) is 0 Å². The molecule has 0 radical (unpaired) electrons. The molecular weight excluding hydrogens is 467 g/mol. The maximum absolute atomic E-state index is 12.3. The second-order valence-electron chi connectivity index (χ2n) is 11.5. The molecule has 2 N–H and O–H groups in total. The van der Waals surface area contributed by atoms with Crippen molar-refractivity contribution in [1.29, 1.82) is 0 Å². The van der Waals surface area contributed by atoms with Crippen LogP contribution in [0, 0.1) is 17.3 Å². The smallest absolute Gasteiger partial charge is 0.458 e. The number of carbonyl (C=O) groups is 1. The molecule has 4 heterocycles. The lowest BCUT2D eigenvalue weighted by Crippen LogP contribution is -2.70. The zero-order valence-electron chi connectivity index (χ0n) is 19.7. The summed E-state index contributed by atoms with van der Waals surface area (Å²) in [5.74, 6) is -0.0258. The van der Waals surface area contributed by atoms with Gasteiger partial charge in [0.2, 0.25) is 0 Å². The minimum absolute atomic E-state index is 0.0727. The molecule has 4 aliphatic heterocycles. The summed E-state index contributed by atoms with van der Waals surface area (Å²) in [4.78, 5) is 31.2. The number of carbonyl (C=O) groups excluding carboxylic acids is 1. The van der Waals surface area contributed by atoms with Crippen LogP contribution in [-0.4, -0.2) is 69.9 Å². The molecule has 11 heteroatoms. The molecule has 1 unspecified atom stereocenters. The zero-order valence-corrected chi connectivity index (χ0v) is 20.6. The van der Waals surface area contributed by atoms with E-state index in [1.165, 1.54) is 0 Å². The molecule has 0 aromatic heterocycles. The van der Waals surface area contributed by atoms with Crippen LogP contribution in [0.4, 0.5) is 0 Å². The Balaban J connectivity index is 1.31. The Morgan fingerprint density at radius 2 is 1.97 bits per heavy atom. The lowest BCUT2D eigenvalue weighted by molar-refractivity contribution is -0.198. The van der Waals surface area contributed by atoms with Crippen LogP contribution in [0.5, 0.6) is 0 Å². The van der Waals surface area contributed by atoms with Gasteiger partial charge in [-0.3, -0.25) is 4.52 Å². The Morgan fingerprint density at radius 1 is 1.21 bits per heavy atom. The van der Waals surface area contributed by atoms with Crippen LogP contribution >= 0.6 is 7.82 Å². The summed E-state index contributed by atoms with van der Waals surface area (Å²) in [6.45, 7) is 8.46. The molecule has 0 amide bonds. The van der Waals surface area contributed by atoms with Gasteiger partial charge in [-0.1, -0.05) is 27.7 Å². The molecule has 2 saturated carbocycles. The number of phosphoric ester groups is 1. The Kier molecular flexibility index (Phi) is 4.17. The third-order valence-electron chi connectivity index (χ3n) is 9.94. The highest BCUT2D eigenvalue weighted by atomic mass is 31.2. The van der Waals surface area contributed by atoms with Gasteiger partial charge in [-0.25, -0.2) is 9.36 Å². The Hall–Kier alpha value is -0.840. The first-order chi connectivity index (χ1) is 16.0. The molecule has 10 atom stereocenters. The van der Waals surface area contributed by atoms with Crippen LogP contribution in [0.15, 0.2) is 11.1 Å². The maximum atomic E-state index is 12.3. The fourth-order valence-electron chi connectivity index (χ4n) is 8.37. The predicted molar refractivity (Wildman–Crippen MR) is 113 cm³/mol. The lowest BCUT2D eigenvalue weighted by atomic mass is 9.46. The van der Waals surface area contributed by atoms with Crippen LogP contribution < -0.4 is 0 Å². The Labute approximate surface area is 197 Å². The third kappa shape index (κ3) is 2.34. The van der Waals surface area contributed by atoms with E-state index in [1.807, 2.05) is 0 Å². The van der Waals surface area contributed by atoms with Crippen molar-refractivity contribution >= 4 is 13.8 Å². The molecule has 188 valence electrons. The van der Waals surface area contributed by atoms with Crippen LogP contribution in [0.3, 0.4) is 0 Å². The number of phosphoric acid groups is 1. The molecule has 7 rings (SSSR count). The maximum Gasteiger partial charge on any atom is 0.471 e. The highest BCUT2D eigenvalue weighted by Gasteiger charge is 3.00. The van der Waals surface area contributed by atoms with Crippen molar-refractivity contribution in [3.8, 4) is 0 Å². The van der Waals surface area contributed by atoms with Crippen molar-refractivity contribution in [2.24, 2.45) is 17.3 Å². The van der Waals surface area contributed by atoms with Crippen LogP contribution in [0.25, 0.3) is 0 Å². The molecule has 0 bridgehead atoms. The largest absolute Gasteiger partial charge is 0.471 e. The summed E-state index contributed by atoms with van der Waals surface area (Å²) in [5.41, 5.74) is -0.513. The lowest BCUT2D eigenvalue weighted by Gasteiger charge is -2.54. The van der Waals surface area contributed by atoms with Gasteiger partial charge in [-0.2, -0.15) is 0 Å². The number of fused-ring (bicyclic) bond motifs is 4. The number of esters is 1. The molecule has 10 nitrogen and oxygen atoms in total. The summed E-state index contributed by atoms with van der Waals surface area (Å²) in [6, 6.07) is 0. The quantitative estimate of drug-likeness (QED) is 0.242. The Morgan fingerprint density at radius 3 is 2.65 bits per heavy atom. The van der Waals surface area contributed by atoms with Gasteiger partial charge in [0.1, 0.15) is 36.1 Å². The normalized spacial score (nSPS) is 52.6. The molecule has 3 aliphatic carbocycles.